The predicted octanol–water partition coefficient (Wildman–Crippen LogP) is 4.21. The summed E-state index contributed by atoms with van der Waals surface area (Å²) in [6, 6.07) is 9.31. The summed E-state index contributed by atoms with van der Waals surface area (Å²) in [6.45, 7) is 3.89. The lowest BCUT2D eigenvalue weighted by Crippen LogP contribution is -1.97. The van der Waals surface area contributed by atoms with Crippen molar-refractivity contribution in [2.45, 2.75) is 20.3 Å². The van der Waals surface area contributed by atoms with Gasteiger partial charge in [-0.15, -0.1) is 0 Å². The Morgan fingerprint density at radius 2 is 1.71 bits per heavy atom. The topological polar surface area (TPSA) is 77.8 Å². The van der Waals surface area contributed by atoms with E-state index in [9.17, 15) is 20.1 Å². The highest BCUT2D eigenvalue weighted by atomic mass is 16.3. The van der Waals surface area contributed by atoms with E-state index in [1.807, 2.05) is 19.9 Å². The first-order chi connectivity index (χ1) is 11.4. The van der Waals surface area contributed by atoms with Crippen molar-refractivity contribution in [1.29, 1.82) is 0 Å². The van der Waals surface area contributed by atoms with Gasteiger partial charge in [-0.05, 0) is 50.1 Å². The van der Waals surface area contributed by atoms with Crippen molar-refractivity contribution in [2.75, 3.05) is 0 Å². The maximum absolute atomic E-state index is 12.3. The summed E-state index contributed by atoms with van der Waals surface area (Å²) in [5.74, 6) is -0.665. The molecule has 0 spiro atoms. The van der Waals surface area contributed by atoms with Gasteiger partial charge in [0.25, 0.3) is 0 Å². The fraction of sp³-hybridized carbons (Fsp3) is 0.150. The maximum atomic E-state index is 12.3. The second-order valence-corrected chi connectivity index (χ2v) is 5.74. The average Bonchev–Trinajstić information content (AvgIpc) is 2.53. The average molecular weight is 324 g/mol. The van der Waals surface area contributed by atoms with Crippen LogP contribution in [-0.4, -0.2) is 21.1 Å². The van der Waals surface area contributed by atoms with Gasteiger partial charge in [0.1, 0.15) is 17.2 Å². The van der Waals surface area contributed by atoms with Gasteiger partial charge < -0.3 is 15.3 Å². The molecule has 2 aromatic carbocycles. The zero-order valence-corrected chi connectivity index (χ0v) is 13.7. The number of aromatic hydroxyl groups is 3. The van der Waals surface area contributed by atoms with E-state index in [1.165, 1.54) is 30.4 Å². The molecule has 0 aromatic heterocycles. The minimum Gasteiger partial charge on any atom is -0.508 e. The van der Waals surface area contributed by atoms with Crippen LogP contribution in [0.1, 0.15) is 35.3 Å². The highest BCUT2D eigenvalue weighted by Gasteiger charge is 2.13. The highest BCUT2D eigenvalue weighted by Crippen LogP contribution is 2.29. The second-order valence-electron chi connectivity index (χ2n) is 5.74. The number of carbonyl (C=O) groups is 1. The second kappa shape index (κ2) is 7.51. The van der Waals surface area contributed by atoms with Gasteiger partial charge in [0.05, 0.1) is 5.56 Å². The van der Waals surface area contributed by atoms with Crippen molar-refractivity contribution in [1.82, 2.24) is 0 Å². The third-order valence-corrected chi connectivity index (χ3v) is 3.54. The van der Waals surface area contributed by atoms with Crippen LogP contribution >= 0.6 is 0 Å². The normalized spacial score (nSPS) is 10.8. The molecule has 0 heterocycles. The molecule has 4 heteroatoms. The SMILES string of the molecule is CC(C)=CCc1cc(C(=O)/C=C/c2ccccc2O)c(O)cc1O. The number of ketones is 1. The van der Waals surface area contributed by atoms with Crippen LogP contribution in [0.2, 0.25) is 0 Å². The summed E-state index contributed by atoms with van der Waals surface area (Å²) in [6.07, 6.45) is 5.17. The predicted molar refractivity (Wildman–Crippen MR) is 94.4 cm³/mol. The molecule has 0 saturated heterocycles. The molecule has 0 saturated carbocycles. The molecule has 124 valence electrons. The standard InChI is InChI=1S/C20H20O4/c1-13(2)7-8-15-11-16(20(24)12-19(15)23)18(22)10-9-14-5-3-4-6-17(14)21/h3-7,9-12,21,23-24H,8H2,1-2H3/b10-9+. The summed E-state index contributed by atoms with van der Waals surface area (Å²) >= 11 is 0. The van der Waals surface area contributed by atoms with Crippen LogP contribution in [0.5, 0.6) is 17.2 Å². The third-order valence-electron chi connectivity index (χ3n) is 3.54. The molecule has 0 bridgehead atoms. The largest absolute Gasteiger partial charge is 0.508 e. The molecule has 0 radical (unpaired) electrons. The molecule has 0 aliphatic heterocycles. The van der Waals surface area contributed by atoms with Gasteiger partial charge in [0.2, 0.25) is 0 Å². The number of hydrogen-bond acceptors (Lipinski definition) is 4. The first-order valence-corrected chi connectivity index (χ1v) is 7.57. The van der Waals surface area contributed by atoms with Crippen LogP contribution in [0.25, 0.3) is 6.08 Å². The van der Waals surface area contributed by atoms with Crippen LogP contribution in [0.3, 0.4) is 0 Å². The molecular weight excluding hydrogens is 304 g/mol. The minimum absolute atomic E-state index is 0.0498. The summed E-state index contributed by atoms with van der Waals surface area (Å²) in [5.41, 5.74) is 2.27. The molecule has 3 N–H and O–H groups in total. The Hall–Kier alpha value is -3.01. The Bertz CT molecular complexity index is 812. The zero-order chi connectivity index (χ0) is 17.7. The number of phenolic OH excluding ortho intramolecular Hbond substituents is 3. The fourth-order valence-corrected chi connectivity index (χ4v) is 2.18. The van der Waals surface area contributed by atoms with Crippen molar-refractivity contribution in [3.05, 3.63) is 70.8 Å². The fourth-order valence-electron chi connectivity index (χ4n) is 2.18. The van der Waals surface area contributed by atoms with Crippen LogP contribution in [-0.2, 0) is 6.42 Å². The van der Waals surface area contributed by atoms with E-state index in [2.05, 4.69) is 0 Å². The summed E-state index contributed by atoms with van der Waals surface area (Å²) in [5, 5.41) is 29.5. The lowest BCUT2D eigenvalue weighted by atomic mass is 10.0. The molecule has 24 heavy (non-hydrogen) atoms. The van der Waals surface area contributed by atoms with Gasteiger partial charge in [0.15, 0.2) is 5.78 Å². The van der Waals surface area contributed by atoms with Crippen molar-refractivity contribution in [3.63, 3.8) is 0 Å². The number of allylic oxidation sites excluding steroid dienone is 3. The molecular formula is C20H20O4. The minimum atomic E-state index is -0.408. The number of hydrogen-bond donors (Lipinski definition) is 3. The van der Waals surface area contributed by atoms with Gasteiger partial charge in [-0.25, -0.2) is 0 Å². The molecule has 2 aromatic rings. The third kappa shape index (κ3) is 4.26. The Kier molecular flexibility index (Phi) is 5.42. The Morgan fingerprint density at radius 1 is 1.00 bits per heavy atom. The Balaban J connectivity index is 2.30. The van der Waals surface area contributed by atoms with E-state index >= 15 is 0 Å². The van der Waals surface area contributed by atoms with Gasteiger partial charge in [0, 0.05) is 11.6 Å². The van der Waals surface area contributed by atoms with Crippen LogP contribution in [0.15, 0.2) is 54.1 Å². The van der Waals surface area contributed by atoms with Crippen LogP contribution in [0, 0.1) is 0 Å². The number of rotatable bonds is 5. The van der Waals surface area contributed by atoms with Gasteiger partial charge in [-0.3, -0.25) is 4.79 Å². The van der Waals surface area contributed by atoms with Gasteiger partial charge >= 0.3 is 0 Å². The smallest absolute Gasteiger partial charge is 0.189 e. The number of para-hydroxylation sites is 1. The lowest BCUT2D eigenvalue weighted by Gasteiger charge is -2.07. The quantitative estimate of drug-likeness (QED) is 0.437. The zero-order valence-electron chi connectivity index (χ0n) is 13.7. The number of benzene rings is 2. The summed E-state index contributed by atoms with van der Waals surface area (Å²) in [7, 11) is 0. The molecule has 0 amide bonds. The number of phenols is 3. The van der Waals surface area contributed by atoms with E-state index < -0.39 is 5.78 Å². The van der Waals surface area contributed by atoms with E-state index in [-0.39, 0.29) is 22.8 Å². The van der Waals surface area contributed by atoms with Gasteiger partial charge in [-0.1, -0.05) is 29.8 Å². The molecule has 0 unspecified atom stereocenters. The summed E-state index contributed by atoms with van der Waals surface area (Å²) in [4.78, 5) is 12.3. The number of carbonyl (C=O) groups excluding carboxylic acids is 1. The molecule has 2 rings (SSSR count). The summed E-state index contributed by atoms with van der Waals surface area (Å²) < 4.78 is 0. The molecule has 0 atom stereocenters. The lowest BCUT2D eigenvalue weighted by molar-refractivity contribution is 0.104. The van der Waals surface area contributed by atoms with Crippen LogP contribution in [0.4, 0.5) is 0 Å². The molecule has 0 aliphatic carbocycles. The first-order valence-electron chi connectivity index (χ1n) is 7.57. The van der Waals surface area contributed by atoms with Crippen molar-refractivity contribution in [2.24, 2.45) is 0 Å². The Labute approximate surface area is 141 Å². The van der Waals surface area contributed by atoms with Crippen molar-refractivity contribution >= 4 is 11.9 Å². The maximum Gasteiger partial charge on any atom is 0.189 e. The monoisotopic (exact) mass is 324 g/mol. The van der Waals surface area contributed by atoms with E-state index in [1.54, 1.807) is 18.2 Å². The van der Waals surface area contributed by atoms with Crippen LogP contribution < -0.4 is 0 Å². The van der Waals surface area contributed by atoms with E-state index in [0.717, 1.165) is 5.57 Å². The van der Waals surface area contributed by atoms with E-state index in [0.29, 0.717) is 17.5 Å². The van der Waals surface area contributed by atoms with E-state index in [4.69, 9.17) is 0 Å². The molecule has 0 fully saturated rings. The van der Waals surface area contributed by atoms with Gasteiger partial charge in [-0.2, -0.15) is 0 Å². The van der Waals surface area contributed by atoms with Crippen molar-refractivity contribution < 1.29 is 20.1 Å². The molecule has 4 nitrogen and oxygen atoms in total. The first kappa shape index (κ1) is 17.3. The molecule has 0 aliphatic rings. The highest BCUT2D eigenvalue weighted by molar-refractivity contribution is 6.09. The van der Waals surface area contributed by atoms with Crippen molar-refractivity contribution in [3.8, 4) is 17.2 Å². The Morgan fingerprint density at radius 3 is 2.38 bits per heavy atom.